The monoisotopic (exact) mass is 630 g/mol. The third kappa shape index (κ3) is 6.83. The molecule has 0 saturated carbocycles. The Balaban J connectivity index is 1.32. The fourth-order valence-corrected chi connectivity index (χ4v) is 4.98. The summed E-state index contributed by atoms with van der Waals surface area (Å²) in [6, 6.07) is 15.9. The normalized spacial score (nSPS) is 16.1. The van der Waals surface area contributed by atoms with Gasteiger partial charge in [0.2, 0.25) is 5.95 Å². The van der Waals surface area contributed by atoms with Crippen molar-refractivity contribution < 1.29 is 18.9 Å². The average Bonchev–Trinajstić information content (AvgIpc) is 2.97. The van der Waals surface area contributed by atoms with Crippen LogP contribution in [0.1, 0.15) is 11.1 Å². The zero-order chi connectivity index (χ0) is 26.2. The molecule has 10 nitrogen and oxygen atoms in total. The van der Waals surface area contributed by atoms with Crippen molar-refractivity contribution in [1.82, 2.24) is 9.97 Å². The van der Waals surface area contributed by atoms with Crippen LogP contribution in [0, 0.1) is 3.57 Å². The molecule has 5 rings (SSSR count). The standard InChI is InChI=1S/C27H31IN6O4/c1-35-23-16-21(15-22(28)26(23)38-19-20-5-3-2-4-6-20)18-29-32-24-17-25(33-7-11-36-12-8-33)31-27(30-24)34-9-13-37-14-10-34/h2-6,15-18H,7-14,19H2,1H3,(H,30,31,32)/b29-18+. The predicted octanol–water partition coefficient (Wildman–Crippen LogP) is 3.79. The molecule has 0 unspecified atom stereocenters. The lowest BCUT2D eigenvalue weighted by Gasteiger charge is -2.31. The minimum Gasteiger partial charge on any atom is -0.493 e. The van der Waals surface area contributed by atoms with Crippen LogP contribution < -0.4 is 24.7 Å². The van der Waals surface area contributed by atoms with E-state index in [-0.39, 0.29) is 0 Å². The lowest BCUT2D eigenvalue weighted by atomic mass is 10.2. The molecule has 2 aliphatic heterocycles. The Morgan fingerprint density at radius 2 is 1.68 bits per heavy atom. The van der Waals surface area contributed by atoms with E-state index in [4.69, 9.17) is 28.9 Å². The molecule has 1 aromatic heterocycles. The smallest absolute Gasteiger partial charge is 0.229 e. The Labute approximate surface area is 236 Å². The number of hydrogen-bond donors (Lipinski definition) is 1. The van der Waals surface area contributed by atoms with Crippen LogP contribution in [0.2, 0.25) is 0 Å². The van der Waals surface area contributed by atoms with Crippen molar-refractivity contribution in [3.05, 3.63) is 63.2 Å². The van der Waals surface area contributed by atoms with E-state index in [9.17, 15) is 0 Å². The van der Waals surface area contributed by atoms with Crippen LogP contribution in [-0.4, -0.2) is 75.9 Å². The lowest BCUT2D eigenvalue weighted by Crippen LogP contribution is -2.39. The van der Waals surface area contributed by atoms with E-state index in [1.165, 1.54) is 0 Å². The van der Waals surface area contributed by atoms with Gasteiger partial charge in [-0.2, -0.15) is 15.1 Å². The molecular formula is C27H31IN6O4. The quantitative estimate of drug-likeness (QED) is 0.216. The summed E-state index contributed by atoms with van der Waals surface area (Å²) in [5.41, 5.74) is 5.07. The first kappa shape index (κ1) is 26.4. The molecule has 0 atom stereocenters. The fraction of sp³-hybridized carbons (Fsp3) is 0.370. The molecule has 0 amide bonds. The van der Waals surface area contributed by atoms with Gasteiger partial charge in [-0.25, -0.2) is 0 Å². The molecule has 0 radical (unpaired) electrons. The SMILES string of the molecule is COc1cc(/C=N/Nc2cc(N3CCOCC3)nc(N3CCOCC3)n2)cc(I)c1OCc1ccccc1. The maximum absolute atomic E-state index is 6.08. The van der Waals surface area contributed by atoms with Crippen molar-refractivity contribution in [2.24, 2.45) is 5.10 Å². The van der Waals surface area contributed by atoms with E-state index in [1.54, 1.807) is 13.3 Å². The third-order valence-electron chi connectivity index (χ3n) is 6.20. The van der Waals surface area contributed by atoms with Crippen LogP contribution >= 0.6 is 22.6 Å². The highest BCUT2D eigenvalue weighted by atomic mass is 127. The van der Waals surface area contributed by atoms with Crippen molar-refractivity contribution in [3.63, 3.8) is 0 Å². The number of hydrogen-bond acceptors (Lipinski definition) is 10. The van der Waals surface area contributed by atoms with Gasteiger partial charge in [0.05, 0.1) is 43.3 Å². The van der Waals surface area contributed by atoms with Crippen molar-refractivity contribution in [2.45, 2.75) is 6.61 Å². The summed E-state index contributed by atoms with van der Waals surface area (Å²) < 4.78 is 23.7. The summed E-state index contributed by atoms with van der Waals surface area (Å²) in [6.45, 7) is 6.26. The maximum Gasteiger partial charge on any atom is 0.229 e. The zero-order valence-corrected chi connectivity index (χ0v) is 23.5. The molecule has 0 spiro atoms. The first-order valence-corrected chi connectivity index (χ1v) is 13.7. The number of ether oxygens (including phenoxy) is 4. The number of rotatable bonds is 9. The van der Waals surface area contributed by atoms with Gasteiger partial charge in [0, 0.05) is 32.2 Å². The van der Waals surface area contributed by atoms with Crippen molar-refractivity contribution in [2.75, 3.05) is 74.9 Å². The highest BCUT2D eigenvalue weighted by Crippen LogP contribution is 2.34. The van der Waals surface area contributed by atoms with Gasteiger partial charge in [0.15, 0.2) is 17.3 Å². The van der Waals surface area contributed by atoms with Crippen LogP contribution in [0.4, 0.5) is 17.6 Å². The molecule has 2 aliphatic rings. The molecule has 2 fully saturated rings. The number of methoxy groups -OCH3 is 1. The Morgan fingerprint density at radius 3 is 2.39 bits per heavy atom. The summed E-state index contributed by atoms with van der Waals surface area (Å²) in [7, 11) is 1.64. The van der Waals surface area contributed by atoms with Crippen LogP contribution in [0.15, 0.2) is 53.6 Å². The summed E-state index contributed by atoms with van der Waals surface area (Å²) in [6.07, 6.45) is 1.75. The Bertz CT molecular complexity index is 1200. The number of halogens is 1. The minimum absolute atomic E-state index is 0.465. The van der Waals surface area contributed by atoms with Gasteiger partial charge >= 0.3 is 0 Å². The summed E-state index contributed by atoms with van der Waals surface area (Å²) in [5.74, 6) is 3.53. The number of aromatic nitrogens is 2. The minimum atomic E-state index is 0.465. The van der Waals surface area contributed by atoms with Gasteiger partial charge in [-0.3, -0.25) is 5.43 Å². The number of hydrazone groups is 1. The Hall–Kier alpha value is -3.16. The topological polar surface area (TPSA) is 93.6 Å². The van der Waals surface area contributed by atoms with Crippen LogP contribution in [0.5, 0.6) is 11.5 Å². The van der Waals surface area contributed by atoms with Gasteiger partial charge in [-0.1, -0.05) is 30.3 Å². The fourth-order valence-electron chi connectivity index (χ4n) is 4.20. The maximum atomic E-state index is 6.08. The molecule has 38 heavy (non-hydrogen) atoms. The number of morpholine rings is 2. The molecule has 0 bridgehead atoms. The number of nitrogens with one attached hydrogen (secondary N) is 1. The van der Waals surface area contributed by atoms with Crippen molar-refractivity contribution >= 4 is 46.4 Å². The van der Waals surface area contributed by atoms with E-state index in [2.05, 4.69) is 42.9 Å². The van der Waals surface area contributed by atoms with Gasteiger partial charge < -0.3 is 28.7 Å². The molecule has 3 heterocycles. The second-order valence-corrected chi connectivity index (χ2v) is 9.95. The Kier molecular flexibility index (Phi) is 9.10. The van der Waals surface area contributed by atoms with Gasteiger partial charge in [-0.05, 0) is 45.9 Å². The van der Waals surface area contributed by atoms with Crippen molar-refractivity contribution in [1.29, 1.82) is 0 Å². The predicted molar refractivity (Wildman–Crippen MR) is 156 cm³/mol. The van der Waals surface area contributed by atoms with Gasteiger partial charge in [-0.15, -0.1) is 0 Å². The number of benzene rings is 2. The summed E-state index contributed by atoms with van der Waals surface area (Å²) in [5, 5.41) is 4.47. The highest BCUT2D eigenvalue weighted by molar-refractivity contribution is 14.1. The number of anilines is 3. The molecule has 3 aromatic rings. The summed E-state index contributed by atoms with van der Waals surface area (Å²) >= 11 is 2.26. The number of nitrogens with zero attached hydrogens (tertiary/aromatic N) is 5. The molecule has 2 aromatic carbocycles. The molecule has 11 heteroatoms. The van der Waals surface area contributed by atoms with Gasteiger partial charge in [0.25, 0.3) is 0 Å². The van der Waals surface area contributed by atoms with Crippen LogP contribution in [0.25, 0.3) is 0 Å². The second-order valence-electron chi connectivity index (χ2n) is 8.79. The Morgan fingerprint density at radius 1 is 0.974 bits per heavy atom. The average molecular weight is 630 g/mol. The first-order valence-electron chi connectivity index (χ1n) is 12.6. The van der Waals surface area contributed by atoms with E-state index in [0.29, 0.717) is 56.3 Å². The van der Waals surface area contributed by atoms with E-state index in [1.807, 2.05) is 48.5 Å². The molecule has 200 valence electrons. The second kappa shape index (κ2) is 13.1. The van der Waals surface area contributed by atoms with Crippen molar-refractivity contribution in [3.8, 4) is 11.5 Å². The highest BCUT2D eigenvalue weighted by Gasteiger charge is 2.19. The molecule has 1 N–H and O–H groups in total. The van der Waals surface area contributed by atoms with E-state index >= 15 is 0 Å². The molecule has 0 aliphatic carbocycles. The van der Waals surface area contributed by atoms with Crippen LogP contribution in [-0.2, 0) is 16.1 Å². The first-order chi connectivity index (χ1) is 18.7. The van der Waals surface area contributed by atoms with Gasteiger partial charge in [0.1, 0.15) is 12.4 Å². The third-order valence-corrected chi connectivity index (χ3v) is 7.00. The van der Waals surface area contributed by atoms with Crippen LogP contribution in [0.3, 0.4) is 0 Å². The zero-order valence-electron chi connectivity index (χ0n) is 21.3. The van der Waals surface area contributed by atoms with E-state index < -0.39 is 0 Å². The summed E-state index contributed by atoms with van der Waals surface area (Å²) in [4.78, 5) is 13.9. The molecule has 2 saturated heterocycles. The molecular weight excluding hydrogens is 599 g/mol. The van der Waals surface area contributed by atoms with E-state index in [0.717, 1.165) is 46.7 Å². The lowest BCUT2D eigenvalue weighted by molar-refractivity contribution is 0.121. The largest absolute Gasteiger partial charge is 0.493 e.